The largest absolute Gasteiger partial charge is 0.303 e. The highest BCUT2D eigenvalue weighted by Gasteiger charge is 2.26. The average Bonchev–Trinajstić information content (AvgIpc) is 2.37. The molecule has 0 bridgehead atoms. The lowest BCUT2D eigenvalue weighted by molar-refractivity contribution is -0.124. The van der Waals surface area contributed by atoms with Crippen LogP contribution in [-0.4, -0.2) is 30.3 Å². The second-order valence-corrected chi connectivity index (χ2v) is 4.05. The van der Waals surface area contributed by atoms with Gasteiger partial charge in [0, 0.05) is 25.9 Å². The molecule has 0 aliphatic carbocycles. The maximum Gasteiger partial charge on any atom is 0.241 e. The SMILES string of the molecule is O=CCCN1CCCC(=O)N1c1ccccc1. The highest BCUT2D eigenvalue weighted by molar-refractivity contribution is 5.93. The van der Waals surface area contributed by atoms with Crippen LogP contribution in [0.4, 0.5) is 5.69 Å². The quantitative estimate of drug-likeness (QED) is 0.741. The molecule has 0 N–H and O–H groups in total. The highest BCUT2D eigenvalue weighted by atomic mass is 16.2. The van der Waals surface area contributed by atoms with Gasteiger partial charge in [0.25, 0.3) is 0 Å². The Morgan fingerprint density at radius 2 is 2.00 bits per heavy atom. The van der Waals surface area contributed by atoms with E-state index in [1.807, 2.05) is 35.3 Å². The highest BCUT2D eigenvalue weighted by Crippen LogP contribution is 2.21. The molecule has 0 spiro atoms. The number of hydrogen-bond donors (Lipinski definition) is 0. The van der Waals surface area contributed by atoms with E-state index in [0.29, 0.717) is 19.4 Å². The second kappa shape index (κ2) is 5.59. The minimum Gasteiger partial charge on any atom is -0.303 e. The number of hydrazine groups is 1. The first-order valence-corrected chi connectivity index (χ1v) is 5.89. The summed E-state index contributed by atoms with van der Waals surface area (Å²) in [5.74, 6) is 0.105. The molecule has 1 aliphatic rings. The van der Waals surface area contributed by atoms with Crippen LogP contribution in [0.5, 0.6) is 0 Å². The van der Waals surface area contributed by atoms with Crippen LogP contribution in [0.25, 0.3) is 0 Å². The van der Waals surface area contributed by atoms with Crippen molar-refractivity contribution in [3.05, 3.63) is 30.3 Å². The zero-order chi connectivity index (χ0) is 12.1. The first-order chi connectivity index (χ1) is 8.33. The molecule has 4 nitrogen and oxygen atoms in total. The van der Waals surface area contributed by atoms with Crippen LogP contribution in [0, 0.1) is 0 Å². The summed E-state index contributed by atoms with van der Waals surface area (Å²) in [6.07, 6.45) is 2.78. The molecule has 1 aromatic carbocycles. The Bertz CT molecular complexity index is 392. The van der Waals surface area contributed by atoms with Crippen LogP contribution in [0.15, 0.2) is 30.3 Å². The molecule has 0 radical (unpaired) electrons. The summed E-state index contributed by atoms with van der Waals surface area (Å²) in [6, 6.07) is 9.58. The van der Waals surface area contributed by atoms with Crippen molar-refractivity contribution in [1.82, 2.24) is 5.01 Å². The van der Waals surface area contributed by atoms with Crippen molar-refractivity contribution in [2.75, 3.05) is 18.1 Å². The first kappa shape index (κ1) is 11.8. The smallest absolute Gasteiger partial charge is 0.241 e. The third kappa shape index (κ3) is 2.71. The number of anilines is 1. The zero-order valence-corrected chi connectivity index (χ0v) is 9.71. The van der Waals surface area contributed by atoms with Gasteiger partial charge in [-0.1, -0.05) is 18.2 Å². The average molecular weight is 232 g/mol. The van der Waals surface area contributed by atoms with Gasteiger partial charge in [0.1, 0.15) is 6.29 Å². The van der Waals surface area contributed by atoms with E-state index in [1.165, 1.54) is 0 Å². The summed E-state index contributed by atoms with van der Waals surface area (Å²) in [5, 5.41) is 3.66. The third-order valence-electron chi connectivity index (χ3n) is 2.83. The van der Waals surface area contributed by atoms with Gasteiger partial charge in [0.2, 0.25) is 5.91 Å². The number of carbonyl (C=O) groups is 2. The maximum absolute atomic E-state index is 12.0. The van der Waals surface area contributed by atoms with E-state index in [2.05, 4.69) is 0 Å². The molecule has 0 atom stereocenters. The Kier molecular flexibility index (Phi) is 3.88. The molecular weight excluding hydrogens is 216 g/mol. The van der Waals surface area contributed by atoms with Crippen molar-refractivity contribution in [3.8, 4) is 0 Å². The predicted molar refractivity (Wildman–Crippen MR) is 65.4 cm³/mol. The standard InChI is InChI=1S/C13H16N2O2/c16-11-5-10-14-9-4-8-13(17)15(14)12-6-2-1-3-7-12/h1-3,6-7,11H,4-5,8-10H2. The van der Waals surface area contributed by atoms with Crippen LogP contribution in [0.3, 0.4) is 0 Å². The fourth-order valence-corrected chi connectivity index (χ4v) is 2.07. The summed E-state index contributed by atoms with van der Waals surface area (Å²) in [7, 11) is 0. The van der Waals surface area contributed by atoms with Crippen molar-refractivity contribution >= 4 is 17.9 Å². The maximum atomic E-state index is 12.0. The number of nitrogens with zero attached hydrogens (tertiary/aromatic N) is 2. The van der Waals surface area contributed by atoms with E-state index in [1.54, 1.807) is 5.01 Å². The lowest BCUT2D eigenvalue weighted by Gasteiger charge is -2.38. The molecule has 90 valence electrons. The third-order valence-corrected chi connectivity index (χ3v) is 2.83. The van der Waals surface area contributed by atoms with Crippen molar-refractivity contribution in [2.45, 2.75) is 19.3 Å². The monoisotopic (exact) mass is 232 g/mol. The number of amides is 1. The topological polar surface area (TPSA) is 40.6 Å². The number of carbonyl (C=O) groups excluding carboxylic acids is 2. The van der Waals surface area contributed by atoms with E-state index < -0.39 is 0 Å². The van der Waals surface area contributed by atoms with Gasteiger partial charge in [-0.3, -0.25) is 4.79 Å². The minimum absolute atomic E-state index is 0.105. The molecule has 4 heteroatoms. The summed E-state index contributed by atoms with van der Waals surface area (Å²) >= 11 is 0. The second-order valence-electron chi connectivity index (χ2n) is 4.05. The first-order valence-electron chi connectivity index (χ1n) is 5.89. The minimum atomic E-state index is 0.105. The van der Waals surface area contributed by atoms with Crippen LogP contribution in [-0.2, 0) is 9.59 Å². The molecule has 0 saturated carbocycles. The normalized spacial score (nSPS) is 17.2. The molecule has 0 aromatic heterocycles. The van der Waals surface area contributed by atoms with Gasteiger partial charge in [-0.05, 0) is 18.6 Å². The van der Waals surface area contributed by atoms with Gasteiger partial charge < -0.3 is 4.79 Å². The Morgan fingerprint density at radius 3 is 2.71 bits per heavy atom. The fourth-order valence-electron chi connectivity index (χ4n) is 2.07. The van der Waals surface area contributed by atoms with E-state index in [9.17, 15) is 9.59 Å². The van der Waals surface area contributed by atoms with E-state index in [-0.39, 0.29) is 5.91 Å². The van der Waals surface area contributed by atoms with Crippen LogP contribution in [0.2, 0.25) is 0 Å². The molecule has 1 aliphatic heterocycles. The predicted octanol–water partition coefficient (Wildman–Crippen LogP) is 1.62. The molecule has 1 fully saturated rings. The van der Waals surface area contributed by atoms with E-state index in [4.69, 9.17) is 0 Å². The Balaban J connectivity index is 2.19. The molecule has 1 aromatic rings. The molecule has 1 heterocycles. The fraction of sp³-hybridized carbons (Fsp3) is 0.385. The van der Waals surface area contributed by atoms with Crippen LogP contribution >= 0.6 is 0 Å². The van der Waals surface area contributed by atoms with Gasteiger partial charge in [-0.15, -0.1) is 0 Å². The number of hydrogen-bond acceptors (Lipinski definition) is 3. The van der Waals surface area contributed by atoms with Crippen molar-refractivity contribution < 1.29 is 9.59 Å². The van der Waals surface area contributed by atoms with Gasteiger partial charge >= 0.3 is 0 Å². The lowest BCUT2D eigenvalue weighted by atomic mass is 10.2. The Labute approximate surface area is 101 Å². The van der Waals surface area contributed by atoms with Crippen LogP contribution < -0.4 is 5.01 Å². The Morgan fingerprint density at radius 1 is 1.24 bits per heavy atom. The number of para-hydroxylation sites is 1. The molecule has 17 heavy (non-hydrogen) atoms. The number of rotatable bonds is 4. The van der Waals surface area contributed by atoms with Gasteiger partial charge in [-0.25, -0.2) is 10.0 Å². The molecule has 1 saturated heterocycles. The van der Waals surface area contributed by atoms with Crippen molar-refractivity contribution in [1.29, 1.82) is 0 Å². The van der Waals surface area contributed by atoms with Crippen molar-refractivity contribution in [3.63, 3.8) is 0 Å². The zero-order valence-electron chi connectivity index (χ0n) is 9.71. The summed E-state index contributed by atoms with van der Waals surface area (Å²) in [6.45, 7) is 1.43. The summed E-state index contributed by atoms with van der Waals surface area (Å²) < 4.78 is 0. The van der Waals surface area contributed by atoms with Gasteiger partial charge in [-0.2, -0.15) is 0 Å². The summed E-state index contributed by atoms with van der Waals surface area (Å²) in [4.78, 5) is 22.4. The summed E-state index contributed by atoms with van der Waals surface area (Å²) in [5.41, 5.74) is 0.878. The molecule has 1 amide bonds. The van der Waals surface area contributed by atoms with Gasteiger partial charge in [0.05, 0.1) is 5.69 Å². The van der Waals surface area contributed by atoms with Crippen molar-refractivity contribution in [2.24, 2.45) is 0 Å². The van der Waals surface area contributed by atoms with Gasteiger partial charge in [0.15, 0.2) is 0 Å². The van der Waals surface area contributed by atoms with Crippen LogP contribution in [0.1, 0.15) is 19.3 Å². The number of aldehydes is 1. The molecule has 0 unspecified atom stereocenters. The molecular formula is C13H16N2O2. The Hall–Kier alpha value is -1.68. The molecule has 2 rings (SSSR count). The lowest BCUT2D eigenvalue weighted by Crippen LogP contribution is -2.51. The van der Waals surface area contributed by atoms with E-state index >= 15 is 0 Å². The number of benzene rings is 1. The van der Waals surface area contributed by atoms with E-state index in [0.717, 1.165) is 24.9 Å².